The van der Waals surface area contributed by atoms with E-state index in [1.54, 1.807) is 18.2 Å². The van der Waals surface area contributed by atoms with E-state index in [-0.39, 0.29) is 27.3 Å². The Kier molecular flexibility index (Phi) is 6.06. The Bertz CT molecular complexity index is 1380. The van der Waals surface area contributed by atoms with Gasteiger partial charge in [-0.25, -0.2) is 4.98 Å². The minimum absolute atomic E-state index is 0.000573. The van der Waals surface area contributed by atoms with Crippen molar-refractivity contribution in [3.8, 4) is 17.2 Å². The van der Waals surface area contributed by atoms with Gasteiger partial charge in [-0.05, 0) is 79.7 Å². The van der Waals surface area contributed by atoms with Crippen LogP contribution < -0.4 is 10.6 Å². The van der Waals surface area contributed by atoms with E-state index >= 15 is 0 Å². The molecule has 0 aliphatic carbocycles. The maximum Gasteiger partial charge on any atom is 0.258 e. The van der Waals surface area contributed by atoms with Crippen LogP contribution in [-0.2, 0) is 0 Å². The molecule has 162 valence electrons. The van der Waals surface area contributed by atoms with Gasteiger partial charge in [-0.15, -0.1) is 0 Å². The average Bonchev–Trinajstić information content (AvgIpc) is 3.13. The van der Waals surface area contributed by atoms with Crippen molar-refractivity contribution < 1.29 is 14.3 Å². The van der Waals surface area contributed by atoms with Crippen molar-refractivity contribution in [3.05, 3.63) is 75.3 Å². The number of halogens is 2. The van der Waals surface area contributed by atoms with E-state index in [1.165, 1.54) is 18.2 Å². The van der Waals surface area contributed by atoms with Gasteiger partial charge in [-0.1, -0.05) is 29.3 Å². The SMILES string of the molecule is Cc1cc(C)c2oc(-c3cc(NC(=S)NC(=O)c4ccc(Cl)cc4Cl)ccc3O)nc2c1. The molecule has 1 heterocycles. The number of oxazole rings is 1. The molecule has 0 bridgehead atoms. The van der Waals surface area contributed by atoms with Crippen LogP contribution in [0.1, 0.15) is 21.5 Å². The molecule has 0 aliphatic heterocycles. The Labute approximate surface area is 199 Å². The van der Waals surface area contributed by atoms with Crippen LogP contribution in [0.2, 0.25) is 10.0 Å². The Morgan fingerprint density at radius 2 is 1.88 bits per heavy atom. The number of carbonyl (C=O) groups is 1. The topological polar surface area (TPSA) is 87.4 Å². The highest BCUT2D eigenvalue weighted by atomic mass is 35.5. The number of amides is 1. The lowest BCUT2D eigenvalue weighted by atomic mass is 10.1. The van der Waals surface area contributed by atoms with Crippen molar-refractivity contribution in [2.45, 2.75) is 13.8 Å². The standard InChI is InChI=1S/C23H17Cl2N3O3S/c1-11-7-12(2)20-18(8-11)27-22(31-20)16-10-14(4-6-19(16)29)26-23(32)28-21(30)15-5-3-13(24)9-17(15)25/h3-10,29H,1-2H3,(H2,26,28,30,32). The molecule has 9 heteroatoms. The third-order valence-electron chi connectivity index (χ3n) is 4.71. The van der Waals surface area contributed by atoms with Gasteiger partial charge < -0.3 is 14.8 Å². The molecule has 0 saturated heterocycles. The molecule has 0 unspecified atom stereocenters. The van der Waals surface area contributed by atoms with Crippen molar-refractivity contribution in [2.75, 3.05) is 5.32 Å². The molecule has 3 N–H and O–H groups in total. The van der Waals surface area contributed by atoms with Crippen molar-refractivity contribution in [3.63, 3.8) is 0 Å². The molecule has 0 atom stereocenters. The number of benzene rings is 3. The van der Waals surface area contributed by atoms with Crippen LogP contribution in [0.15, 0.2) is 52.9 Å². The first-order chi connectivity index (χ1) is 15.2. The van der Waals surface area contributed by atoms with Crippen molar-refractivity contribution >= 4 is 63.2 Å². The Morgan fingerprint density at radius 3 is 2.62 bits per heavy atom. The van der Waals surface area contributed by atoms with Crippen LogP contribution in [-0.4, -0.2) is 21.1 Å². The van der Waals surface area contributed by atoms with E-state index in [2.05, 4.69) is 15.6 Å². The lowest BCUT2D eigenvalue weighted by Crippen LogP contribution is -2.34. The summed E-state index contributed by atoms with van der Waals surface area (Å²) in [5.74, 6) is -0.204. The molecular weight excluding hydrogens is 469 g/mol. The summed E-state index contributed by atoms with van der Waals surface area (Å²) in [4.78, 5) is 17.0. The van der Waals surface area contributed by atoms with Crippen LogP contribution in [0.5, 0.6) is 5.75 Å². The van der Waals surface area contributed by atoms with Gasteiger partial charge >= 0.3 is 0 Å². The first kappa shape index (κ1) is 22.1. The summed E-state index contributed by atoms with van der Waals surface area (Å²) >= 11 is 17.2. The molecule has 32 heavy (non-hydrogen) atoms. The number of phenols is 1. The highest BCUT2D eigenvalue weighted by molar-refractivity contribution is 7.80. The Morgan fingerprint density at radius 1 is 1.09 bits per heavy atom. The zero-order valence-corrected chi connectivity index (χ0v) is 19.3. The summed E-state index contributed by atoms with van der Waals surface area (Å²) in [7, 11) is 0. The summed E-state index contributed by atoms with van der Waals surface area (Å²) in [5, 5.41) is 16.5. The molecule has 4 aromatic rings. The Balaban J connectivity index is 1.56. The molecule has 0 saturated carbocycles. The minimum Gasteiger partial charge on any atom is -0.507 e. The second-order valence-electron chi connectivity index (χ2n) is 7.21. The smallest absolute Gasteiger partial charge is 0.258 e. The number of nitrogens with one attached hydrogen (secondary N) is 2. The zero-order valence-electron chi connectivity index (χ0n) is 17.0. The maximum absolute atomic E-state index is 12.4. The number of aryl methyl sites for hydroxylation is 2. The van der Waals surface area contributed by atoms with Crippen LogP contribution in [0, 0.1) is 13.8 Å². The maximum atomic E-state index is 12.4. The number of thiocarbonyl (C=S) groups is 1. The number of aromatic nitrogens is 1. The lowest BCUT2D eigenvalue weighted by Gasteiger charge is -2.11. The van der Waals surface area contributed by atoms with Gasteiger partial charge in [-0.3, -0.25) is 10.1 Å². The molecule has 1 amide bonds. The van der Waals surface area contributed by atoms with Gasteiger partial charge in [0.05, 0.1) is 16.1 Å². The van der Waals surface area contributed by atoms with E-state index < -0.39 is 5.91 Å². The quantitative estimate of drug-likeness (QED) is 0.234. The molecule has 0 radical (unpaired) electrons. The summed E-state index contributed by atoms with van der Waals surface area (Å²) in [6.45, 7) is 3.92. The molecule has 1 aromatic heterocycles. The van der Waals surface area contributed by atoms with E-state index in [0.29, 0.717) is 27.4 Å². The van der Waals surface area contributed by atoms with Crippen LogP contribution in [0.3, 0.4) is 0 Å². The fourth-order valence-electron chi connectivity index (χ4n) is 3.28. The predicted molar refractivity (Wildman–Crippen MR) is 131 cm³/mol. The number of rotatable bonds is 3. The molecular formula is C23H17Cl2N3O3S. The third kappa shape index (κ3) is 4.55. The average molecular weight is 486 g/mol. The first-order valence-electron chi connectivity index (χ1n) is 9.50. The number of hydrogen-bond acceptors (Lipinski definition) is 5. The largest absolute Gasteiger partial charge is 0.507 e. The first-order valence-corrected chi connectivity index (χ1v) is 10.7. The van der Waals surface area contributed by atoms with Gasteiger partial charge in [0.25, 0.3) is 5.91 Å². The number of nitrogens with zero attached hydrogens (tertiary/aromatic N) is 1. The zero-order chi connectivity index (χ0) is 23.0. The number of anilines is 1. The molecule has 4 rings (SSSR count). The van der Waals surface area contributed by atoms with Crippen molar-refractivity contribution in [1.29, 1.82) is 0 Å². The van der Waals surface area contributed by atoms with Gasteiger partial charge in [0.1, 0.15) is 11.3 Å². The van der Waals surface area contributed by atoms with Crippen molar-refractivity contribution in [2.24, 2.45) is 0 Å². The number of aromatic hydroxyl groups is 1. The monoisotopic (exact) mass is 485 g/mol. The highest BCUT2D eigenvalue weighted by Gasteiger charge is 2.16. The Hall–Kier alpha value is -3.13. The second kappa shape index (κ2) is 8.78. The van der Waals surface area contributed by atoms with Crippen molar-refractivity contribution in [1.82, 2.24) is 10.3 Å². The minimum atomic E-state index is -0.479. The lowest BCUT2D eigenvalue weighted by molar-refractivity contribution is 0.0978. The van der Waals surface area contributed by atoms with Crippen LogP contribution >= 0.6 is 35.4 Å². The fourth-order valence-corrected chi connectivity index (χ4v) is 3.99. The normalized spacial score (nSPS) is 10.9. The fraction of sp³-hybridized carbons (Fsp3) is 0.0870. The summed E-state index contributed by atoms with van der Waals surface area (Å²) < 4.78 is 5.90. The van der Waals surface area contributed by atoms with Crippen LogP contribution in [0.4, 0.5) is 5.69 Å². The second-order valence-corrected chi connectivity index (χ2v) is 8.47. The van der Waals surface area contributed by atoms with Gasteiger partial charge in [0.2, 0.25) is 5.89 Å². The van der Waals surface area contributed by atoms with Crippen LogP contribution in [0.25, 0.3) is 22.6 Å². The predicted octanol–water partition coefficient (Wildman–Crippen LogP) is 6.25. The van der Waals surface area contributed by atoms with E-state index in [9.17, 15) is 9.90 Å². The summed E-state index contributed by atoms with van der Waals surface area (Å²) in [6.07, 6.45) is 0. The van der Waals surface area contributed by atoms with Gasteiger partial charge in [-0.2, -0.15) is 0 Å². The van der Waals surface area contributed by atoms with Gasteiger partial charge in [0, 0.05) is 10.7 Å². The molecule has 6 nitrogen and oxygen atoms in total. The molecule has 0 spiro atoms. The van der Waals surface area contributed by atoms with E-state index in [1.807, 2.05) is 26.0 Å². The van der Waals surface area contributed by atoms with Gasteiger partial charge in [0.15, 0.2) is 10.7 Å². The number of fused-ring (bicyclic) bond motifs is 1. The molecule has 3 aromatic carbocycles. The number of carbonyl (C=O) groups excluding carboxylic acids is 1. The number of hydrogen-bond donors (Lipinski definition) is 3. The van der Waals surface area contributed by atoms with E-state index in [0.717, 1.165) is 11.1 Å². The summed E-state index contributed by atoms with van der Waals surface area (Å²) in [5.41, 5.74) is 4.54. The molecule has 0 aliphatic rings. The third-order valence-corrected chi connectivity index (χ3v) is 5.46. The number of phenolic OH excluding ortho intramolecular Hbond substituents is 1. The van der Waals surface area contributed by atoms with E-state index in [4.69, 9.17) is 39.8 Å². The molecule has 0 fully saturated rings. The summed E-state index contributed by atoms with van der Waals surface area (Å²) in [6, 6.07) is 13.2. The highest BCUT2D eigenvalue weighted by Crippen LogP contribution is 2.34.